The first kappa shape index (κ1) is 17.1. The van der Waals surface area contributed by atoms with Crippen molar-refractivity contribution in [2.45, 2.75) is 19.8 Å². The first-order chi connectivity index (χ1) is 9.54. The molecule has 0 aliphatic rings. The lowest BCUT2D eigenvalue weighted by Crippen LogP contribution is -2.26. The Labute approximate surface area is 130 Å². The van der Waals surface area contributed by atoms with Crippen molar-refractivity contribution in [2.24, 2.45) is 0 Å². The van der Waals surface area contributed by atoms with Gasteiger partial charge < -0.3 is 10.6 Å². The van der Waals surface area contributed by atoms with Gasteiger partial charge >= 0.3 is 0 Å². The second kappa shape index (κ2) is 9.07. The molecule has 0 aliphatic carbocycles. The lowest BCUT2D eigenvalue weighted by molar-refractivity contribution is 0.0954. The molecule has 0 aliphatic heterocycles. The molecule has 1 unspecified atom stereocenters. The number of carbonyl (C=O) groups excluding carboxylic acids is 1. The largest absolute Gasteiger partial charge is 0.369 e. The molecule has 112 valence electrons. The molecule has 0 radical (unpaired) electrons. The molecule has 2 N–H and O–H groups in total. The molecule has 7 heteroatoms. The molecule has 20 heavy (non-hydrogen) atoms. The summed E-state index contributed by atoms with van der Waals surface area (Å²) in [6, 6.07) is 1.75. The second-order valence-electron chi connectivity index (χ2n) is 4.36. The van der Waals surface area contributed by atoms with Gasteiger partial charge in [0, 0.05) is 46.6 Å². The minimum atomic E-state index is -0.821. The average Bonchev–Trinajstić information content (AvgIpc) is 2.41. The minimum Gasteiger partial charge on any atom is -0.369 e. The quantitative estimate of drug-likeness (QED) is 0.696. The third-order valence-corrected chi connectivity index (χ3v) is 3.83. The van der Waals surface area contributed by atoms with Gasteiger partial charge in [0.2, 0.25) is 0 Å². The van der Waals surface area contributed by atoms with E-state index in [9.17, 15) is 9.00 Å². The molecular weight excluding hydrogens is 342 g/mol. The van der Waals surface area contributed by atoms with E-state index in [4.69, 9.17) is 0 Å². The number of pyridine rings is 1. The number of anilines is 1. The number of nitrogens with one attached hydrogen (secondary N) is 2. The van der Waals surface area contributed by atoms with E-state index >= 15 is 0 Å². The molecule has 1 heterocycles. The van der Waals surface area contributed by atoms with Gasteiger partial charge in [-0.2, -0.15) is 0 Å². The van der Waals surface area contributed by atoms with Gasteiger partial charge in [-0.05, 0) is 34.8 Å². The zero-order valence-electron chi connectivity index (χ0n) is 11.7. The number of carbonyl (C=O) groups is 1. The van der Waals surface area contributed by atoms with E-state index in [1.54, 1.807) is 18.5 Å². The summed E-state index contributed by atoms with van der Waals surface area (Å²) in [6.07, 6.45) is 4.98. The smallest absolute Gasteiger partial charge is 0.255 e. The van der Waals surface area contributed by atoms with Crippen LogP contribution in [0, 0.1) is 0 Å². The van der Waals surface area contributed by atoms with Crippen LogP contribution in [0.1, 0.15) is 30.1 Å². The molecule has 1 aromatic heterocycles. The third-order valence-electron chi connectivity index (χ3n) is 2.54. The Morgan fingerprint density at radius 1 is 1.45 bits per heavy atom. The topological polar surface area (TPSA) is 71.1 Å². The Kier molecular flexibility index (Phi) is 7.76. The Balaban J connectivity index is 2.65. The van der Waals surface area contributed by atoms with Crippen LogP contribution < -0.4 is 10.6 Å². The first-order valence-electron chi connectivity index (χ1n) is 6.52. The highest BCUT2D eigenvalue weighted by molar-refractivity contribution is 9.10. The van der Waals surface area contributed by atoms with Crippen molar-refractivity contribution in [2.75, 3.05) is 30.4 Å². The molecule has 1 atom stereocenters. The zero-order chi connectivity index (χ0) is 15.0. The predicted molar refractivity (Wildman–Crippen MR) is 86.6 cm³/mol. The molecule has 0 bridgehead atoms. The highest BCUT2D eigenvalue weighted by atomic mass is 79.9. The maximum Gasteiger partial charge on any atom is 0.255 e. The highest BCUT2D eigenvalue weighted by Gasteiger charge is 2.12. The summed E-state index contributed by atoms with van der Waals surface area (Å²) >= 11 is 3.32. The molecule has 0 aromatic carbocycles. The Bertz CT molecular complexity index is 483. The maximum absolute atomic E-state index is 12.1. The molecule has 0 saturated carbocycles. The lowest BCUT2D eigenvalue weighted by atomic mass is 10.2. The minimum absolute atomic E-state index is 0.167. The van der Waals surface area contributed by atoms with Gasteiger partial charge in [-0.1, -0.05) is 6.92 Å². The maximum atomic E-state index is 12.1. The van der Waals surface area contributed by atoms with Crippen molar-refractivity contribution >= 4 is 38.5 Å². The molecule has 0 saturated heterocycles. The van der Waals surface area contributed by atoms with Crippen molar-refractivity contribution < 1.29 is 9.00 Å². The molecule has 1 rings (SSSR count). The molecule has 1 amide bonds. The van der Waals surface area contributed by atoms with Crippen molar-refractivity contribution in [3.05, 3.63) is 22.3 Å². The van der Waals surface area contributed by atoms with Gasteiger partial charge in [0.25, 0.3) is 5.91 Å². The van der Waals surface area contributed by atoms with E-state index < -0.39 is 10.8 Å². The van der Waals surface area contributed by atoms with Gasteiger partial charge in [-0.25, -0.2) is 4.98 Å². The van der Waals surface area contributed by atoms with Gasteiger partial charge in [0.15, 0.2) is 0 Å². The van der Waals surface area contributed by atoms with E-state index in [0.29, 0.717) is 30.1 Å². The molecular formula is C13H20BrN3O2S. The fraction of sp³-hybridized carbons (Fsp3) is 0.538. The summed E-state index contributed by atoms with van der Waals surface area (Å²) in [6.45, 7) is 3.33. The van der Waals surface area contributed by atoms with Gasteiger partial charge in [0.05, 0.1) is 5.56 Å². The van der Waals surface area contributed by atoms with Gasteiger partial charge in [-0.3, -0.25) is 9.00 Å². The third kappa shape index (κ3) is 6.00. The number of amides is 1. The van der Waals surface area contributed by atoms with Crippen molar-refractivity contribution in [1.82, 2.24) is 10.3 Å². The van der Waals surface area contributed by atoms with Crippen LogP contribution in [0.4, 0.5) is 5.82 Å². The second-order valence-corrected chi connectivity index (χ2v) is 6.83. The number of halogens is 1. The summed E-state index contributed by atoms with van der Waals surface area (Å²) in [5.74, 6) is 1.02. The summed E-state index contributed by atoms with van der Waals surface area (Å²) in [5.41, 5.74) is 0.519. The van der Waals surface area contributed by atoms with Crippen molar-refractivity contribution in [3.8, 4) is 0 Å². The normalized spacial score (nSPS) is 11.9. The number of aromatic nitrogens is 1. The van der Waals surface area contributed by atoms with Crippen LogP contribution in [0.2, 0.25) is 0 Å². The fourth-order valence-corrected chi connectivity index (χ4v) is 2.45. The average molecular weight is 362 g/mol. The summed E-state index contributed by atoms with van der Waals surface area (Å²) < 4.78 is 11.7. The van der Waals surface area contributed by atoms with Crippen molar-refractivity contribution in [1.29, 1.82) is 0 Å². The van der Waals surface area contributed by atoms with Crippen LogP contribution >= 0.6 is 15.9 Å². The Morgan fingerprint density at radius 3 is 2.85 bits per heavy atom. The standard InChI is InChI=1S/C13H20BrN3O2S/c1-3-5-15-12-11(8-10(14)9-17-12)13(18)16-6-4-7-20(2)19/h8-9H,3-7H2,1-2H3,(H,15,17)(H,16,18). The number of nitrogens with zero attached hydrogens (tertiary/aromatic N) is 1. The van der Waals surface area contributed by atoms with E-state index in [1.165, 1.54) is 0 Å². The van der Waals surface area contributed by atoms with Crippen LogP contribution in [-0.4, -0.2) is 40.2 Å². The van der Waals surface area contributed by atoms with E-state index in [1.807, 2.05) is 0 Å². The SMILES string of the molecule is CCCNc1ncc(Br)cc1C(=O)NCCCS(C)=O. The highest BCUT2D eigenvalue weighted by Crippen LogP contribution is 2.18. The molecule has 0 fully saturated rings. The first-order valence-corrected chi connectivity index (χ1v) is 9.04. The van der Waals surface area contributed by atoms with Crippen LogP contribution in [0.5, 0.6) is 0 Å². The molecule has 5 nitrogen and oxygen atoms in total. The Morgan fingerprint density at radius 2 is 2.20 bits per heavy atom. The lowest BCUT2D eigenvalue weighted by Gasteiger charge is -2.11. The van der Waals surface area contributed by atoms with E-state index in [0.717, 1.165) is 17.4 Å². The van der Waals surface area contributed by atoms with E-state index in [-0.39, 0.29) is 5.91 Å². The van der Waals surface area contributed by atoms with Crippen LogP contribution in [0.3, 0.4) is 0 Å². The molecule has 0 spiro atoms. The number of hydrogen-bond donors (Lipinski definition) is 2. The predicted octanol–water partition coefficient (Wildman–Crippen LogP) is 2.16. The fourth-order valence-electron chi connectivity index (χ4n) is 1.57. The molecule has 1 aromatic rings. The van der Waals surface area contributed by atoms with Gasteiger partial charge in [0.1, 0.15) is 5.82 Å². The van der Waals surface area contributed by atoms with E-state index in [2.05, 4.69) is 38.5 Å². The van der Waals surface area contributed by atoms with Crippen LogP contribution in [0.25, 0.3) is 0 Å². The zero-order valence-corrected chi connectivity index (χ0v) is 14.1. The van der Waals surface area contributed by atoms with Crippen LogP contribution in [-0.2, 0) is 10.8 Å². The van der Waals surface area contributed by atoms with Gasteiger partial charge in [-0.15, -0.1) is 0 Å². The Hall–Kier alpha value is -0.950. The van der Waals surface area contributed by atoms with Crippen LogP contribution in [0.15, 0.2) is 16.7 Å². The summed E-state index contributed by atoms with van der Waals surface area (Å²) in [7, 11) is -0.821. The van der Waals surface area contributed by atoms with Crippen molar-refractivity contribution in [3.63, 3.8) is 0 Å². The monoisotopic (exact) mass is 361 g/mol. The summed E-state index contributed by atoms with van der Waals surface area (Å²) in [5, 5.41) is 5.96. The number of hydrogen-bond acceptors (Lipinski definition) is 4. The number of rotatable bonds is 8. The summed E-state index contributed by atoms with van der Waals surface area (Å²) in [4.78, 5) is 16.4.